The molecule has 2 atom stereocenters. The molecule has 0 fully saturated rings. The number of carbonyl (C=O) groups is 2. The summed E-state index contributed by atoms with van der Waals surface area (Å²) in [6, 6.07) is 17.4. The zero-order valence-electron chi connectivity index (χ0n) is 12.5. The Bertz CT molecular complexity index is 691. The minimum absolute atomic E-state index is 0.0147. The van der Waals surface area contributed by atoms with Crippen molar-refractivity contribution in [1.82, 2.24) is 0 Å². The van der Waals surface area contributed by atoms with Gasteiger partial charge in [-0.15, -0.1) is 0 Å². The van der Waals surface area contributed by atoms with Crippen LogP contribution in [0.4, 0.5) is 0 Å². The topological polar surface area (TPSA) is 43.4 Å². The van der Waals surface area contributed by atoms with E-state index in [0.717, 1.165) is 16.7 Å². The number of hydrogen-bond acceptors (Lipinski definition) is 3. The van der Waals surface area contributed by atoms with Crippen LogP contribution in [-0.2, 0) is 9.53 Å². The van der Waals surface area contributed by atoms with Gasteiger partial charge in [-0.25, -0.2) is 0 Å². The largest absolute Gasteiger partial charge is 0.466 e. The van der Waals surface area contributed by atoms with Gasteiger partial charge in [-0.05, 0) is 18.1 Å². The van der Waals surface area contributed by atoms with Crippen LogP contribution in [0, 0.1) is 5.92 Å². The van der Waals surface area contributed by atoms with Gasteiger partial charge >= 0.3 is 5.97 Å². The van der Waals surface area contributed by atoms with Crippen LogP contribution in [0.1, 0.15) is 40.7 Å². The zero-order chi connectivity index (χ0) is 15.5. The fourth-order valence-corrected chi connectivity index (χ4v) is 3.21. The first-order valence-electron chi connectivity index (χ1n) is 7.56. The smallest absolute Gasteiger partial charge is 0.310 e. The molecule has 0 N–H and O–H groups in total. The molecule has 2 aromatic rings. The van der Waals surface area contributed by atoms with Gasteiger partial charge in [0.1, 0.15) is 0 Å². The van der Waals surface area contributed by atoms with Crippen molar-refractivity contribution in [2.24, 2.45) is 5.92 Å². The quantitative estimate of drug-likeness (QED) is 0.813. The van der Waals surface area contributed by atoms with Crippen LogP contribution in [0.15, 0.2) is 54.6 Å². The third-order valence-electron chi connectivity index (χ3n) is 4.15. The maximum Gasteiger partial charge on any atom is 0.310 e. The number of carbonyl (C=O) groups excluding carboxylic acids is 2. The number of esters is 1. The number of ketones is 1. The average Bonchev–Trinajstić information content (AvgIpc) is 2.56. The highest BCUT2D eigenvalue weighted by Crippen LogP contribution is 2.41. The summed E-state index contributed by atoms with van der Waals surface area (Å²) in [5.74, 6) is -0.862. The highest BCUT2D eigenvalue weighted by atomic mass is 16.5. The van der Waals surface area contributed by atoms with E-state index in [0.29, 0.717) is 6.61 Å². The summed E-state index contributed by atoms with van der Waals surface area (Å²) in [6.45, 7) is 2.11. The Morgan fingerprint density at radius 3 is 2.50 bits per heavy atom. The molecular weight excluding hydrogens is 276 g/mol. The molecule has 2 aromatic carbocycles. The molecule has 0 amide bonds. The summed E-state index contributed by atoms with van der Waals surface area (Å²) in [6.07, 6.45) is 0.204. The average molecular weight is 294 g/mol. The first-order chi connectivity index (χ1) is 10.7. The van der Waals surface area contributed by atoms with E-state index < -0.39 is 5.92 Å². The predicted molar refractivity (Wildman–Crippen MR) is 83.8 cm³/mol. The van der Waals surface area contributed by atoms with E-state index in [1.165, 1.54) is 0 Å². The maximum atomic E-state index is 12.4. The van der Waals surface area contributed by atoms with Gasteiger partial charge in [0.2, 0.25) is 0 Å². The molecule has 3 heteroatoms. The Morgan fingerprint density at radius 2 is 1.77 bits per heavy atom. The Balaban J connectivity index is 2.11. The van der Waals surface area contributed by atoms with Crippen molar-refractivity contribution in [1.29, 1.82) is 0 Å². The molecule has 0 bridgehead atoms. The molecule has 0 saturated heterocycles. The third kappa shape index (κ3) is 2.54. The molecule has 0 radical (unpaired) electrons. The summed E-state index contributed by atoms with van der Waals surface area (Å²) in [4.78, 5) is 24.7. The van der Waals surface area contributed by atoms with E-state index in [1.54, 1.807) is 6.92 Å². The number of ether oxygens (including phenoxy) is 1. The maximum absolute atomic E-state index is 12.4. The van der Waals surface area contributed by atoms with Crippen LogP contribution in [0.3, 0.4) is 0 Å². The second-order valence-corrected chi connectivity index (χ2v) is 5.46. The highest BCUT2D eigenvalue weighted by Gasteiger charge is 2.39. The first-order valence-corrected chi connectivity index (χ1v) is 7.56. The van der Waals surface area contributed by atoms with E-state index in [4.69, 9.17) is 4.74 Å². The Kier molecular flexibility index (Phi) is 4.05. The molecule has 0 spiro atoms. The number of benzene rings is 2. The Labute approximate surface area is 129 Å². The van der Waals surface area contributed by atoms with E-state index in [9.17, 15) is 9.59 Å². The molecule has 0 aromatic heterocycles. The minimum atomic E-state index is -0.454. The molecule has 1 aliphatic rings. The van der Waals surface area contributed by atoms with E-state index in [-0.39, 0.29) is 24.1 Å². The van der Waals surface area contributed by atoms with Crippen LogP contribution >= 0.6 is 0 Å². The minimum Gasteiger partial charge on any atom is -0.466 e. The van der Waals surface area contributed by atoms with Gasteiger partial charge in [0.25, 0.3) is 0 Å². The third-order valence-corrected chi connectivity index (χ3v) is 4.15. The number of hydrogen-bond donors (Lipinski definition) is 0. The second-order valence-electron chi connectivity index (χ2n) is 5.46. The SMILES string of the molecule is CCOC(=O)[C@H]1CC(=O)c2ccccc2[C@@H]1c1ccccc1. The lowest BCUT2D eigenvalue weighted by atomic mass is 9.71. The molecule has 1 aliphatic carbocycles. The van der Waals surface area contributed by atoms with Gasteiger partial charge in [0, 0.05) is 17.9 Å². The number of Topliss-reactive ketones (excluding diaryl/α,β-unsaturated/α-hetero) is 1. The van der Waals surface area contributed by atoms with Gasteiger partial charge in [-0.3, -0.25) is 9.59 Å². The Morgan fingerprint density at radius 1 is 1.09 bits per heavy atom. The van der Waals surface area contributed by atoms with E-state index in [2.05, 4.69) is 0 Å². The van der Waals surface area contributed by atoms with Gasteiger partial charge in [-0.2, -0.15) is 0 Å². The van der Waals surface area contributed by atoms with E-state index >= 15 is 0 Å². The number of fused-ring (bicyclic) bond motifs is 1. The lowest BCUT2D eigenvalue weighted by Gasteiger charge is -2.31. The summed E-state index contributed by atoms with van der Waals surface area (Å²) in [5.41, 5.74) is 2.68. The van der Waals surface area contributed by atoms with Crippen molar-refractivity contribution in [3.8, 4) is 0 Å². The molecule has 0 unspecified atom stereocenters. The predicted octanol–water partition coefficient (Wildman–Crippen LogP) is 3.58. The van der Waals surface area contributed by atoms with Crippen LogP contribution in [0.25, 0.3) is 0 Å². The molecule has 0 aliphatic heterocycles. The zero-order valence-corrected chi connectivity index (χ0v) is 12.5. The lowest BCUT2D eigenvalue weighted by molar-refractivity contribution is -0.148. The molecule has 0 saturated carbocycles. The van der Waals surface area contributed by atoms with Crippen LogP contribution in [-0.4, -0.2) is 18.4 Å². The molecule has 0 heterocycles. The van der Waals surface area contributed by atoms with Crippen molar-refractivity contribution in [2.75, 3.05) is 6.61 Å². The van der Waals surface area contributed by atoms with Crippen molar-refractivity contribution >= 4 is 11.8 Å². The normalized spacial score (nSPS) is 20.3. The van der Waals surface area contributed by atoms with Crippen molar-refractivity contribution in [3.63, 3.8) is 0 Å². The summed E-state index contributed by atoms with van der Waals surface area (Å²) in [5, 5.41) is 0. The van der Waals surface area contributed by atoms with Crippen LogP contribution in [0.5, 0.6) is 0 Å². The first kappa shape index (κ1) is 14.5. The number of rotatable bonds is 3. The van der Waals surface area contributed by atoms with Crippen LogP contribution in [0.2, 0.25) is 0 Å². The molecule has 22 heavy (non-hydrogen) atoms. The highest BCUT2D eigenvalue weighted by molar-refractivity contribution is 6.02. The summed E-state index contributed by atoms with van der Waals surface area (Å²) in [7, 11) is 0. The monoisotopic (exact) mass is 294 g/mol. The fourth-order valence-electron chi connectivity index (χ4n) is 3.21. The summed E-state index contributed by atoms with van der Waals surface area (Å²) >= 11 is 0. The molecule has 112 valence electrons. The van der Waals surface area contributed by atoms with Crippen LogP contribution < -0.4 is 0 Å². The summed E-state index contributed by atoms with van der Waals surface area (Å²) < 4.78 is 5.21. The fraction of sp³-hybridized carbons (Fsp3) is 0.263. The molecule has 3 nitrogen and oxygen atoms in total. The molecular formula is C19H18O3. The van der Waals surface area contributed by atoms with Crippen molar-refractivity contribution in [2.45, 2.75) is 19.3 Å². The standard InChI is InChI=1S/C19H18O3/c1-2-22-19(21)16-12-17(20)14-10-6-7-11-15(14)18(16)13-8-4-3-5-9-13/h3-11,16,18H,2,12H2,1H3/t16-,18-/m0/s1. The van der Waals surface area contributed by atoms with Gasteiger partial charge in [0.05, 0.1) is 12.5 Å². The second kappa shape index (κ2) is 6.14. The molecule has 3 rings (SSSR count). The lowest BCUT2D eigenvalue weighted by Crippen LogP contribution is -2.32. The van der Waals surface area contributed by atoms with Gasteiger partial charge < -0.3 is 4.74 Å². The van der Waals surface area contributed by atoms with Crippen molar-refractivity contribution in [3.05, 3.63) is 71.3 Å². The van der Waals surface area contributed by atoms with Gasteiger partial charge in [0.15, 0.2) is 5.78 Å². The van der Waals surface area contributed by atoms with Gasteiger partial charge in [-0.1, -0.05) is 54.6 Å². The Hall–Kier alpha value is -2.42. The van der Waals surface area contributed by atoms with Crippen molar-refractivity contribution < 1.29 is 14.3 Å². The van der Waals surface area contributed by atoms with E-state index in [1.807, 2.05) is 54.6 Å².